The van der Waals surface area contributed by atoms with Crippen molar-refractivity contribution in [3.8, 4) is 22.8 Å². The topological polar surface area (TPSA) is 106 Å². The van der Waals surface area contributed by atoms with Crippen molar-refractivity contribution in [2.75, 3.05) is 50.1 Å². The summed E-state index contributed by atoms with van der Waals surface area (Å²) in [7, 11) is 1.59. The van der Waals surface area contributed by atoms with Crippen LogP contribution in [0, 0.1) is 5.82 Å². The van der Waals surface area contributed by atoms with E-state index >= 15 is 4.39 Å². The lowest BCUT2D eigenvalue weighted by atomic mass is 10.1. The van der Waals surface area contributed by atoms with Crippen LogP contribution in [0.25, 0.3) is 11.3 Å². The number of methoxy groups -OCH3 is 1. The highest BCUT2D eigenvalue weighted by Gasteiger charge is 2.23. The minimum atomic E-state index is -0.356. The normalized spacial score (nSPS) is 13.5. The molecule has 0 radical (unpaired) electrons. The van der Waals surface area contributed by atoms with E-state index in [0.717, 1.165) is 5.75 Å². The minimum Gasteiger partial charge on any atom is -0.497 e. The largest absolute Gasteiger partial charge is 0.497 e. The maximum atomic E-state index is 15.0. The first-order valence-electron chi connectivity index (χ1n) is 11.8. The van der Waals surface area contributed by atoms with E-state index in [2.05, 4.69) is 15.6 Å². The van der Waals surface area contributed by atoms with Gasteiger partial charge < -0.3 is 33.6 Å². The maximum absolute atomic E-state index is 15.0. The molecule has 0 atom stereocenters. The van der Waals surface area contributed by atoms with E-state index < -0.39 is 0 Å². The molecular weight excluding hydrogens is 481 g/mol. The van der Waals surface area contributed by atoms with Crippen molar-refractivity contribution in [3.63, 3.8) is 0 Å². The fourth-order valence-electron chi connectivity index (χ4n) is 4.04. The number of rotatable bonds is 9. The van der Waals surface area contributed by atoms with Crippen molar-refractivity contribution in [2.24, 2.45) is 0 Å². The summed E-state index contributed by atoms with van der Waals surface area (Å²) in [5, 5.41) is 10.9. The van der Waals surface area contributed by atoms with Crippen molar-refractivity contribution >= 4 is 17.4 Å². The third-order valence-corrected chi connectivity index (χ3v) is 6.08. The van der Waals surface area contributed by atoms with Gasteiger partial charge in [0.25, 0.3) is 5.91 Å². The van der Waals surface area contributed by atoms with E-state index in [4.69, 9.17) is 18.5 Å². The molecule has 10 nitrogen and oxygen atoms in total. The zero-order chi connectivity index (χ0) is 25.6. The Labute approximate surface area is 212 Å². The van der Waals surface area contributed by atoms with Gasteiger partial charge in [0.05, 0.1) is 19.3 Å². The average molecular weight is 508 g/mol. The Hall–Kier alpha value is -4.54. The molecule has 5 rings (SSSR count). The van der Waals surface area contributed by atoms with Gasteiger partial charge in [-0.05, 0) is 36.4 Å². The molecular formula is C26H26FN5O5. The van der Waals surface area contributed by atoms with Gasteiger partial charge >= 0.3 is 0 Å². The molecule has 11 heteroatoms. The summed E-state index contributed by atoms with van der Waals surface area (Å²) >= 11 is 0. The Balaban J connectivity index is 1.13. The van der Waals surface area contributed by atoms with Crippen LogP contribution < -0.4 is 19.7 Å². The fraction of sp³-hybridized carbons (Fsp3) is 0.269. The van der Waals surface area contributed by atoms with Gasteiger partial charge in [-0.15, -0.1) is 0 Å². The molecule has 2 aromatic carbocycles. The molecule has 192 valence electrons. The summed E-state index contributed by atoms with van der Waals surface area (Å²) in [6, 6.07) is 15.5. The number of benzene rings is 2. The van der Waals surface area contributed by atoms with Crippen molar-refractivity contribution in [1.29, 1.82) is 0 Å². The second kappa shape index (κ2) is 11.0. The Bertz CT molecular complexity index is 1320. The molecule has 0 spiro atoms. The highest BCUT2D eigenvalue weighted by Crippen LogP contribution is 2.27. The summed E-state index contributed by atoms with van der Waals surface area (Å²) in [4.78, 5) is 16.2. The molecule has 0 unspecified atom stereocenters. The van der Waals surface area contributed by atoms with Crippen molar-refractivity contribution in [3.05, 3.63) is 72.4 Å². The molecule has 4 aromatic rings. The van der Waals surface area contributed by atoms with Crippen LogP contribution in [-0.2, 0) is 11.3 Å². The Morgan fingerprint density at radius 2 is 1.81 bits per heavy atom. The van der Waals surface area contributed by atoms with Crippen LogP contribution in [0.15, 0.2) is 69.9 Å². The zero-order valence-corrected chi connectivity index (χ0v) is 20.2. The van der Waals surface area contributed by atoms with Crippen molar-refractivity contribution < 1.29 is 27.7 Å². The van der Waals surface area contributed by atoms with Crippen LogP contribution >= 0.6 is 0 Å². The van der Waals surface area contributed by atoms with E-state index in [-0.39, 0.29) is 18.3 Å². The Morgan fingerprint density at radius 3 is 2.51 bits per heavy atom. The molecule has 1 aliphatic rings. The van der Waals surface area contributed by atoms with Gasteiger partial charge in [-0.3, -0.25) is 4.79 Å². The number of nitrogens with one attached hydrogen (secondary N) is 1. The number of hydrogen-bond donors (Lipinski definition) is 1. The number of ether oxygens (including phenoxy) is 2. The van der Waals surface area contributed by atoms with Crippen LogP contribution in [-0.4, -0.2) is 61.0 Å². The van der Waals surface area contributed by atoms with Crippen LogP contribution in [0.1, 0.15) is 5.76 Å². The van der Waals surface area contributed by atoms with Gasteiger partial charge in [-0.1, -0.05) is 16.4 Å². The summed E-state index contributed by atoms with van der Waals surface area (Å²) in [6.45, 7) is 2.32. The van der Waals surface area contributed by atoms with Gasteiger partial charge in [0, 0.05) is 43.9 Å². The molecule has 1 fully saturated rings. The summed E-state index contributed by atoms with van der Waals surface area (Å²) in [5.41, 5.74) is 1.64. The number of anilines is 2. The van der Waals surface area contributed by atoms with Gasteiger partial charge in [0.1, 0.15) is 29.3 Å². The average Bonchev–Trinajstić information content (AvgIpc) is 3.63. The standard InChI is InChI=1S/C26H26FN5O5/c1-34-19-3-5-20(6-4-19)35-17-26(33)32-11-9-31(10-12-32)24-7-2-18(14-22(24)27)23-15-21(37-29-23)16-28-25-8-13-36-30-25/h2-8,13-15H,9-12,16-17H2,1H3,(H,28,30). The van der Waals surface area contributed by atoms with Crippen LogP contribution in [0.2, 0.25) is 0 Å². The summed E-state index contributed by atoms with van der Waals surface area (Å²) < 4.78 is 35.9. The first kappa shape index (κ1) is 24.2. The number of nitrogens with zero attached hydrogens (tertiary/aromatic N) is 4. The predicted molar refractivity (Wildman–Crippen MR) is 133 cm³/mol. The van der Waals surface area contributed by atoms with Crippen LogP contribution in [0.3, 0.4) is 0 Å². The van der Waals surface area contributed by atoms with Crippen molar-refractivity contribution in [1.82, 2.24) is 15.2 Å². The number of halogens is 1. The molecule has 0 aliphatic carbocycles. The monoisotopic (exact) mass is 507 g/mol. The SMILES string of the molecule is COc1ccc(OCC(=O)N2CCN(c3ccc(-c4cc(CNc5ccon5)on4)cc3F)CC2)cc1. The van der Waals surface area contributed by atoms with E-state index in [1.165, 1.54) is 12.3 Å². The minimum absolute atomic E-state index is 0.0524. The first-order valence-corrected chi connectivity index (χ1v) is 11.8. The quantitative estimate of drug-likeness (QED) is 0.362. The molecule has 1 saturated heterocycles. The molecule has 1 aliphatic heterocycles. The predicted octanol–water partition coefficient (Wildman–Crippen LogP) is 3.82. The number of carbonyl (C=O) groups excluding carboxylic acids is 1. The number of aromatic nitrogens is 2. The summed E-state index contributed by atoms with van der Waals surface area (Å²) in [5.74, 6) is 2.02. The van der Waals surface area contributed by atoms with E-state index in [0.29, 0.717) is 67.0 Å². The Morgan fingerprint density at radius 1 is 1.03 bits per heavy atom. The lowest BCUT2D eigenvalue weighted by Gasteiger charge is -2.36. The van der Waals surface area contributed by atoms with Gasteiger partial charge in [0.2, 0.25) is 0 Å². The molecule has 1 amide bonds. The number of hydrogen-bond acceptors (Lipinski definition) is 9. The summed E-state index contributed by atoms with van der Waals surface area (Å²) in [6.07, 6.45) is 1.47. The smallest absolute Gasteiger partial charge is 0.260 e. The molecule has 1 N–H and O–H groups in total. The van der Waals surface area contributed by atoms with E-state index in [1.54, 1.807) is 54.5 Å². The lowest BCUT2D eigenvalue weighted by Crippen LogP contribution is -2.50. The van der Waals surface area contributed by atoms with E-state index in [1.807, 2.05) is 11.0 Å². The molecule has 0 saturated carbocycles. The molecule has 3 heterocycles. The molecule has 37 heavy (non-hydrogen) atoms. The molecule has 2 aromatic heterocycles. The van der Waals surface area contributed by atoms with Crippen LogP contribution in [0.4, 0.5) is 15.9 Å². The van der Waals surface area contributed by atoms with Gasteiger partial charge in [-0.2, -0.15) is 0 Å². The van der Waals surface area contributed by atoms with Crippen LogP contribution in [0.5, 0.6) is 11.5 Å². The number of piperazine rings is 1. The lowest BCUT2D eigenvalue weighted by molar-refractivity contribution is -0.133. The fourth-order valence-corrected chi connectivity index (χ4v) is 4.04. The van der Waals surface area contributed by atoms with Crippen molar-refractivity contribution in [2.45, 2.75) is 6.54 Å². The highest BCUT2D eigenvalue weighted by atomic mass is 19.1. The molecule has 0 bridgehead atoms. The van der Waals surface area contributed by atoms with Gasteiger partial charge in [0.15, 0.2) is 18.2 Å². The third-order valence-electron chi connectivity index (χ3n) is 6.08. The third kappa shape index (κ3) is 5.83. The number of carbonyl (C=O) groups is 1. The second-order valence-corrected chi connectivity index (χ2v) is 8.41. The number of amides is 1. The highest BCUT2D eigenvalue weighted by molar-refractivity contribution is 5.78. The van der Waals surface area contributed by atoms with E-state index in [9.17, 15) is 4.79 Å². The van der Waals surface area contributed by atoms with Gasteiger partial charge in [-0.25, -0.2) is 4.39 Å². The Kier molecular flexibility index (Phi) is 7.20. The maximum Gasteiger partial charge on any atom is 0.260 e. The first-order chi connectivity index (χ1) is 18.1. The second-order valence-electron chi connectivity index (χ2n) is 8.41. The zero-order valence-electron chi connectivity index (χ0n) is 20.2.